The molecule has 0 bridgehead atoms. The third-order valence-electron chi connectivity index (χ3n) is 3.81. The van der Waals surface area contributed by atoms with Crippen LogP contribution in [0.5, 0.6) is 0 Å². The second kappa shape index (κ2) is 7.71. The molecule has 5 N–H and O–H groups in total. The molecule has 1 saturated heterocycles. The summed E-state index contributed by atoms with van der Waals surface area (Å²) in [6.45, 7) is 2.17. The van der Waals surface area contributed by atoms with Gasteiger partial charge in [0.15, 0.2) is 17.6 Å². The number of nitrogens with zero attached hydrogens (tertiary/aromatic N) is 1. The molecule has 2 heterocycles. The summed E-state index contributed by atoms with van der Waals surface area (Å²) in [5, 5.41) is 19.8. The predicted octanol–water partition coefficient (Wildman–Crippen LogP) is 0.00219. The van der Waals surface area contributed by atoms with Crippen LogP contribution in [0.4, 0.5) is 4.39 Å². The Balaban J connectivity index is 2.31. The number of halogens is 2. The maximum Gasteiger partial charge on any atom is 0.323 e. The Bertz CT molecular complexity index is 853. The molecule has 0 radical (unpaired) electrons. The normalized spacial score (nSPS) is 33.2. The van der Waals surface area contributed by atoms with E-state index in [1.807, 2.05) is 0 Å². The van der Waals surface area contributed by atoms with Crippen LogP contribution in [-0.4, -0.2) is 56.4 Å². The molecule has 1 aromatic heterocycles. The summed E-state index contributed by atoms with van der Waals surface area (Å²) in [7, 11) is 0. The van der Waals surface area contributed by atoms with E-state index in [0.717, 1.165) is 6.20 Å². The van der Waals surface area contributed by atoms with Gasteiger partial charge in [-0.25, -0.2) is 4.39 Å². The molecular weight excluding hydrogens is 393 g/mol. The lowest BCUT2D eigenvalue weighted by atomic mass is 10.1. The van der Waals surface area contributed by atoms with Gasteiger partial charge in [-0.2, -0.15) is 0 Å². The van der Waals surface area contributed by atoms with Crippen LogP contribution in [0, 0.1) is 10.7 Å². The van der Waals surface area contributed by atoms with E-state index < -0.39 is 58.2 Å². The number of aromatic nitrogens is 2. The fraction of sp³-hybridized carbons (Fsp3) is 0.643. The molecule has 146 valence electrons. The van der Waals surface area contributed by atoms with E-state index in [1.54, 1.807) is 13.8 Å². The van der Waals surface area contributed by atoms with Gasteiger partial charge < -0.3 is 25.4 Å². The molecular formula is C14H19ClFN3O6S. The van der Waals surface area contributed by atoms with Crippen LogP contribution < -0.4 is 11.3 Å². The average molecular weight is 413 g/mol. The van der Waals surface area contributed by atoms with Crippen LogP contribution in [0.2, 0.25) is 5.02 Å². The summed E-state index contributed by atoms with van der Waals surface area (Å²) >= 11 is 10.6. The van der Waals surface area contributed by atoms with Gasteiger partial charge in [0.2, 0.25) is 0 Å². The van der Waals surface area contributed by atoms with E-state index in [4.69, 9.17) is 40.4 Å². The zero-order valence-electron chi connectivity index (χ0n) is 14.8. The molecule has 5 atom stereocenters. The van der Waals surface area contributed by atoms with Gasteiger partial charge in [-0.3, -0.25) is 19.1 Å². The summed E-state index contributed by atoms with van der Waals surface area (Å²) in [5.74, 6) is -4.37. The molecule has 0 spiro atoms. The minimum Gasteiger partial charge on any atom is -0.458 e. The number of rotatable bonds is 5. The van der Waals surface area contributed by atoms with Gasteiger partial charge in [-0.1, -0.05) is 25.4 Å². The maximum absolute atomic E-state index is 15.1. The maximum atomic E-state index is 15.1. The summed E-state index contributed by atoms with van der Waals surface area (Å²) in [6.07, 6.45) is -6.26. The van der Waals surface area contributed by atoms with Crippen molar-refractivity contribution in [3.8, 4) is 0 Å². The van der Waals surface area contributed by atoms with Gasteiger partial charge in [-0.05, 0) is 18.1 Å². The second-order valence-electron chi connectivity index (χ2n) is 6.10. The van der Waals surface area contributed by atoms with Crippen molar-refractivity contribution in [3.05, 3.63) is 26.3 Å². The molecule has 9 nitrogen and oxygen atoms in total. The molecule has 0 saturated carbocycles. The number of nitrogens with two attached hydrogens (primary N) is 1. The van der Waals surface area contributed by atoms with E-state index in [2.05, 4.69) is 4.98 Å². The van der Waals surface area contributed by atoms with Crippen molar-refractivity contribution in [2.75, 3.05) is 6.61 Å². The van der Waals surface area contributed by atoms with Crippen LogP contribution in [0.1, 0.15) is 21.4 Å². The number of aromatic amines is 1. The Morgan fingerprint density at radius 2 is 2.31 bits per heavy atom. The summed E-state index contributed by atoms with van der Waals surface area (Å²) in [6, 6.07) is -1.04. The molecule has 12 heteroatoms. The molecule has 26 heavy (non-hydrogen) atoms. The molecule has 2 rings (SSSR count). The number of hydrogen-bond acceptors (Lipinski definition) is 8. The van der Waals surface area contributed by atoms with Crippen LogP contribution in [0.3, 0.4) is 0 Å². The number of carbonyl (C=O) groups is 1. The van der Waals surface area contributed by atoms with Crippen molar-refractivity contribution >= 4 is 29.8 Å². The van der Waals surface area contributed by atoms with Gasteiger partial charge in [0.1, 0.15) is 23.3 Å². The summed E-state index contributed by atoms with van der Waals surface area (Å²) in [5.41, 5.74) is 4.83. The van der Waals surface area contributed by atoms with Crippen molar-refractivity contribution in [1.82, 2.24) is 9.55 Å². The number of nitrogens with one attached hydrogen (secondary N) is 1. The summed E-state index contributed by atoms with van der Waals surface area (Å²) < 4.78 is 33.2. The fourth-order valence-electron chi connectivity index (χ4n) is 2.12. The highest BCUT2D eigenvalue weighted by molar-refractivity contribution is 7.71. The fourth-order valence-corrected chi connectivity index (χ4v) is 2.50. The van der Waals surface area contributed by atoms with E-state index in [9.17, 15) is 19.8 Å². The number of H-pyrrole nitrogens is 1. The molecule has 1 fully saturated rings. The highest BCUT2D eigenvalue weighted by atomic mass is 35.5. The Kier molecular flexibility index (Phi) is 5.75. The average Bonchev–Trinajstić information content (AvgIpc) is 2.76. The van der Waals surface area contributed by atoms with Crippen molar-refractivity contribution in [2.45, 2.75) is 44.2 Å². The first-order chi connectivity index (χ1) is 12.3. The van der Waals surface area contributed by atoms with Crippen molar-refractivity contribution in [1.29, 1.82) is 0 Å². The number of ether oxygens (including phenoxy) is 2. The first-order valence-electron chi connectivity index (χ1n) is 8.03. The third kappa shape index (κ3) is 3.97. The van der Waals surface area contributed by atoms with E-state index in [0.29, 0.717) is 4.57 Å². The van der Waals surface area contributed by atoms with Gasteiger partial charge in [0.25, 0.3) is 11.4 Å². The second-order valence-corrected chi connectivity index (χ2v) is 6.89. The number of esters is 1. The Morgan fingerprint density at radius 3 is 2.88 bits per heavy atom. The lowest BCUT2D eigenvalue weighted by Gasteiger charge is -2.24. The number of alkyl halides is 1. The van der Waals surface area contributed by atoms with Crippen LogP contribution >= 0.6 is 23.8 Å². The monoisotopic (exact) mass is 412 g/mol. The molecule has 0 unspecified atom stereocenters. The first kappa shape index (κ1) is 19.4. The number of hydrogen-bond donors (Lipinski definition) is 4. The number of carbonyl (C=O) groups excluding carboxylic acids is 1. The Morgan fingerprint density at radius 1 is 1.69 bits per heavy atom. The van der Waals surface area contributed by atoms with Gasteiger partial charge in [0, 0.05) is 6.20 Å². The van der Waals surface area contributed by atoms with E-state index in [-0.39, 0.29) is 5.92 Å². The predicted molar refractivity (Wildman–Crippen MR) is 90.6 cm³/mol. The summed E-state index contributed by atoms with van der Waals surface area (Å²) in [4.78, 5) is 25.4. The van der Waals surface area contributed by atoms with Crippen molar-refractivity contribution < 1.29 is 30.2 Å². The van der Waals surface area contributed by atoms with Gasteiger partial charge in [-0.15, -0.1) is 0 Å². The lowest BCUT2D eigenvalue weighted by Crippen LogP contribution is -2.46. The first-order valence-corrected chi connectivity index (χ1v) is 8.31. The smallest absolute Gasteiger partial charge is 0.323 e. The third-order valence-corrected chi connectivity index (χ3v) is 4.37. The SMILES string of the molecule is [2H][C@@]1(n2cc(Cl)c(=O)[nH]c2=S)O[C@](F)(COC(=O)[C@@H](N)C(C)C)[C@@H](O)[C@H]1O. The zero-order valence-corrected chi connectivity index (χ0v) is 15.4. The Labute approximate surface area is 158 Å². The molecule has 1 aromatic rings. The van der Waals surface area contributed by atoms with Gasteiger partial charge >= 0.3 is 5.97 Å². The highest BCUT2D eigenvalue weighted by Gasteiger charge is 2.57. The number of aliphatic hydroxyl groups is 2. The quantitative estimate of drug-likeness (QED) is 0.391. The van der Waals surface area contributed by atoms with Gasteiger partial charge in [0.05, 0.1) is 1.37 Å². The lowest BCUT2D eigenvalue weighted by molar-refractivity contribution is -0.217. The number of aliphatic hydroxyl groups excluding tert-OH is 2. The van der Waals surface area contributed by atoms with Crippen molar-refractivity contribution in [3.63, 3.8) is 0 Å². The van der Waals surface area contributed by atoms with E-state index in [1.165, 1.54) is 0 Å². The molecule has 0 aromatic carbocycles. The molecule has 1 aliphatic heterocycles. The minimum absolute atomic E-state index is 0.287. The zero-order chi connectivity index (χ0) is 20.7. The largest absolute Gasteiger partial charge is 0.458 e. The molecule has 1 aliphatic rings. The van der Waals surface area contributed by atoms with Crippen LogP contribution in [-0.2, 0) is 14.3 Å². The van der Waals surface area contributed by atoms with Crippen LogP contribution in [0.25, 0.3) is 0 Å². The minimum atomic E-state index is -3.13. The molecule has 0 aliphatic carbocycles. The van der Waals surface area contributed by atoms with Crippen molar-refractivity contribution in [2.24, 2.45) is 11.7 Å². The standard InChI is InChI=1S/C14H19ClFN3O6S/c1-5(2)7(17)12(23)24-4-14(16)9(21)8(20)11(25-14)19-3-6(15)10(22)18-13(19)26/h3,5,7-9,11,20-21H,4,17H2,1-2H3,(H,18,22,26)/t7-,8+,9-,11+,14+/m0/s1/i11D. The highest BCUT2D eigenvalue weighted by Crippen LogP contribution is 2.38. The van der Waals surface area contributed by atoms with Crippen LogP contribution in [0.15, 0.2) is 11.0 Å². The molecule has 0 amide bonds. The Hall–Kier alpha value is -1.37. The van der Waals surface area contributed by atoms with E-state index >= 15 is 4.39 Å². The topological polar surface area (TPSA) is 140 Å².